The molecule has 0 aliphatic rings. The lowest BCUT2D eigenvalue weighted by Gasteiger charge is -2.17. The van der Waals surface area contributed by atoms with Gasteiger partial charge < -0.3 is 9.13 Å². The minimum atomic E-state index is 0.421. The molecule has 0 saturated carbocycles. The number of hydrogen-bond donors (Lipinski definition) is 0. The molecule has 0 aliphatic carbocycles. The summed E-state index contributed by atoms with van der Waals surface area (Å²) in [5.41, 5.74) is 19.8. The van der Waals surface area contributed by atoms with Crippen LogP contribution in [0.5, 0.6) is 0 Å². The van der Waals surface area contributed by atoms with Gasteiger partial charge in [-0.2, -0.15) is 10.5 Å². The molecule has 0 spiro atoms. The molecule has 0 amide bonds. The van der Waals surface area contributed by atoms with E-state index in [1.165, 1.54) is 0 Å². The van der Waals surface area contributed by atoms with Crippen LogP contribution in [0.15, 0.2) is 329 Å². The minimum absolute atomic E-state index is 0.421. The predicted molar refractivity (Wildman–Crippen MR) is 451 cm³/mol. The van der Waals surface area contributed by atoms with Gasteiger partial charge in [0.2, 0.25) is 0 Å². The summed E-state index contributed by atoms with van der Waals surface area (Å²) in [7, 11) is 0. The molecule has 0 atom stereocenters. The number of para-hydroxylation sites is 2. The zero-order valence-electron chi connectivity index (χ0n) is 61.1. The summed E-state index contributed by atoms with van der Waals surface area (Å²) in [5, 5.41) is 29.8. The lowest BCUT2D eigenvalue weighted by atomic mass is 9.97. The van der Waals surface area contributed by atoms with Gasteiger partial charge in [0.25, 0.3) is 0 Å². The highest BCUT2D eigenvalue weighted by atomic mass is 15.1. The number of nitrogens with zero attached hydrogens (tertiary/aromatic N) is 20. The Morgan fingerprint density at radius 2 is 0.638 bits per heavy atom. The van der Waals surface area contributed by atoms with Gasteiger partial charge in [-0.05, 0) is 157 Å². The highest BCUT2D eigenvalue weighted by Crippen LogP contribution is 2.45. The Labute approximate surface area is 659 Å². The number of rotatable bonds is 13. The monoisotopic (exact) mass is 1490 g/mol. The second kappa shape index (κ2) is 27.0. The maximum absolute atomic E-state index is 11.3. The van der Waals surface area contributed by atoms with Gasteiger partial charge >= 0.3 is 0 Å². The van der Waals surface area contributed by atoms with E-state index in [0.29, 0.717) is 68.8 Å². The van der Waals surface area contributed by atoms with E-state index in [1.54, 1.807) is 80.4 Å². The molecule has 0 N–H and O–H groups in total. The molecule has 538 valence electrons. The Kier molecular flexibility index (Phi) is 15.4. The Bertz CT molecular complexity index is 7770. The lowest BCUT2D eigenvalue weighted by Crippen LogP contribution is -2.04. The maximum Gasteiger partial charge on any atom is 0.159 e. The number of benzene rings is 10. The van der Waals surface area contributed by atoms with Crippen molar-refractivity contribution < 1.29 is 0 Å². The molecule has 0 bridgehead atoms. The topological polar surface area (TPSA) is 248 Å². The van der Waals surface area contributed by atoms with Crippen LogP contribution >= 0.6 is 0 Å². The zero-order chi connectivity index (χ0) is 76.9. The van der Waals surface area contributed by atoms with Crippen LogP contribution in [0.4, 0.5) is 0 Å². The predicted octanol–water partition coefficient (Wildman–Crippen LogP) is 20.4. The van der Waals surface area contributed by atoms with E-state index in [0.717, 1.165) is 154 Å². The SMILES string of the molecule is N#Cc1cccc(-c2cc(-n3c4cc(-c5ncccn5)ccc4c4ccc(-c5nccc(-c6cc(C#N)cc(-c7cc(-n8c9ccccc9c9cc(-c%10ncccn%10)ccc98)ncc7-n7c8ccccc8c8cc(-c9ncccn9)ccc87)c6)n5)cc43)ncc2-n2c3cc(-c4cnccn4)ccc3c3ccc(-c4ncccn4)cc32)c1. The van der Waals surface area contributed by atoms with Gasteiger partial charge in [-0.15, -0.1) is 0 Å². The van der Waals surface area contributed by atoms with Crippen molar-refractivity contribution in [2.24, 2.45) is 0 Å². The summed E-state index contributed by atoms with van der Waals surface area (Å²) < 4.78 is 8.86. The van der Waals surface area contributed by atoms with Crippen LogP contribution in [-0.2, 0) is 0 Å². The molecule has 22 aromatic rings. The summed E-state index contributed by atoms with van der Waals surface area (Å²) in [6.45, 7) is 0. The van der Waals surface area contributed by atoms with Crippen molar-refractivity contribution >= 4 is 87.2 Å². The molecule has 10 aromatic carbocycles. The normalized spacial score (nSPS) is 11.6. The summed E-state index contributed by atoms with van der Waals surface area (Å²) >= 11 is 0. The molecule has 20 nitrogen and oxygen atoms in total. The van der Waals surface area contributed by atoms with E-state index < -0.39 is 0 Å². The third-order valence-corrected chi connectivity index (χ3v) is 21.6. The van der Waals surface area contributed by atoms with E-state index in [4.69, 9.17) is 34.9 Å². The van der Waals surface area contributed by atoms with E-state index in [-0.39, 0.29) is 0 Å². The highest BCUT2D eigenvalue weighted by Gasteiger charge is 2.26. The van der Waals surface area contributed by atoms with E-state index in [9.17, 15) is 10.5 Å². The van der Waals surface area contributed by atoms with E-state index in [1.807, 2.05) is 85.2 Å². The van der Waals surface area contributed by atoms with Gasteiger partial charge in [-0.3, -0.25) is 19.1 Å². The summed E-state index contributed by atoms with van der Waals surface area (Å²) in [6.07, 6.45) is 24.8. The molecule has 0 radical (unpaired) electrons. The Morgan fingerprint density at radius 3 is 1.17 bits per heavy atom. The molecule has 0 fully saturated rings. The number of nitriles is 2. The van der Waals surface area contributed by atoms with Gasteiger partial charge in [0, 0.05) is 161 Å². The highest BCUT2D eigenvalue weighted by molar-refractivity contribution is 6.15. The molecule has 12 aromatic heterocycles. The molecular weight excluding hydrogens is 1430 g/mol. The van der Waals surface area contributed by atoms with Crippen molar-refractivity contribution in [3.63, 3.8) is 0 Å². The summed E-state index contributed by atoms with van der Waals surface area (Å²) in [5.74, 6) is 4.08. The van der Waals surface area contributed by atoms with Crippen LogP contribution in [-0.4, -0.2) is 88.0 Å². The van der Waals surface area contributed by atoms with Crippen molar-refractivity contribution in [1.29, 1.82) is 10.5 Å². The average Bonchev–Trinajstić information content (AvgIpc) is 1.57. The van der Waals surface area contributed by atoms with Crippen LogP contribution in [0.3, 0.4) is 0 Å². The largest absolute Gasteiger partial charge is 0.307 e. The summed E-state index contributed by atoms with van der Waals surface area (Å²) in [6, 6.07) is 86.5. The molecule has 0 aliphatic heterocycles. The molecule has 12 heterocycles. The average molecular weight is 1490 g/mol. The number of hydrogen-bond acceptors (Lipinski definition) is 16. The number of aromatic nitrogens is 18. The first-order valence-corrected chi connectivity index (χ1v) is 37.4. The fourth-order valence-electron chi connectivity index (χ4n) is 16.4. The van der Waals surface area contributed by atoms with Gasteiger partial charge in [0.1, 0.15) is 11.6 Å². The fourth-order valence-corrected chi connectivity index (χ4v) is 16.4. The standard InChI is InChI=1S/C96H54N20/c97-52-57-10-5-11-59(40-57)74-50-91(111-55-88(74)114-84-46-60(79-54-99-38-39-100-79)16-22-70(84)71-23-17-63(47-85(71)114)94-105-33-8-34-106-94)116-86-48-64(95-107-35-9-36-108-95)18-24-72(86)73-25-19-65(49-87(73)116)96-109-37-28-78(112-96)67-42-58(53-98)41-66(43-67)75-51-90(115-81-15-4-2-13-69(81)77-45-62(21-27-83(77)115)93-103-31-7-32-104-93)110-56-89(75)113-80-14-3-1-12-68(80)76-44-61(20-26-82(76)113)92-101-29-6-30-102-92/h1-51,54-56H. The van der Waals surface area contributed by atoms with Crippen LogP contribution in [0, 0.1) is 22.7 Å². The van der Waals surface area contributed by atoms with E-state index >= 15 is 0 Å². The molecule has 116 heavy (non-hydrogen) atoms. The molecular formula is C96H54N20. The first-order chi connectivity index (χ1) is 57.4. The maximum atomic E-state index is 11.3. The second-order valence-corrected chi connectivity index (χ2v) is 28.1. The fraction of sp³-hybridized carbons (Fsp3) is 0. The van der Waals surface area contributed by atoms with Crippen LogP contribution in [0.1, 0.15) is 11.1 Å². The first kappa shape index (κ1) is 66.2. The van der Waals surface area contributed by atoms with Crippen LogP contribution in [0.2, 0.25) is 0 Å². The van der Waals surface area contributed by atoms with Crippen molar-refractivity contribution in [3.8, 4) is 137 Å². The number of pyridine rings is 2. The minimum Gasteiger partial charge on any atom is -0.307 e. The van der Waals surface area contributed by atoms with Crippen molar-refractivity contribution in [2.45, 2.75) is 0 Å². The van der Waals surface area contributed by atoms with Gasteiger partial charge in [-0.1, -0.05) is 97.1 Å². The van der Waals surface area contributed by atoms with Crippen LogP contribution < -0.4 is 0 Å². The lowest BCUT2D eigenvalue weighted by molar-refractivity contribution is 1.05. The van der Waals surface area contributed by atoms with Crippen LogP contribution in [0.25, 0.3) is 212 Å². The molecule has 0 unspecified atom stereocenters. The Morgan fingerprint density at radius 1 is 0.224 bits per heavy atom. The van der Waals surface area contributed by atoms with Gasteiger partial charge in [-0.25, -0.2) is 59.8 Å². The van der Waals surface area contributed by atoms with Crippen molar-refractivity contribution in [1.82, 2.24) is 88.0 Å². The van der Waals surface area contributed by atoms with E-state index in [2.05, 4.69) is 229 Å². The summed E-state index contributed by atoms with van der Waals surface area (Å²) in [4.78, 5) is 67.9. The quantitative estimate of drug-likeness (QED) is 0.104. The zero-order valence-corrected chi connectivity index (χ0v) is 61.1. The Balaban J connectivity index is 0.727. The second-order valence-electron chi connectivity index (χ2n) is 28.1. The third kappa shape index (κ3) is 11.0. The third-order valence-electron chi connectivity index (χ3n) is 21.6. The smallest absolute Gasteiger partial charge is 0.159 e. The van der Waals surface area contributed by atoms with Gasteiger partial charge in [0.15, 0.2) is 29.1 Å². The van der Waals surface area contributed by atoms with Gasteiger partial charge in [0.05, 0.1) is 109 Å². The molecule has 0 saturated heterocycles. The number of fused-ring (bicyclic) bond motifs is 12. The molecule has 20 heteroatoms. The van der Waals surface area contributed by atoms with Crippen molar-refractivity contribution in [3.05, 3.63) is 341 Å². The first-order valence-electron chi connectivity index (χ1n) is 37.4. The Hall–Kier alpha value is -16.8. The van der Waals surface area contributed by atoms with Crippen molar-refractivity contribution in [2.75, 3.05) is 0 Å². The molecule has 22 rings (SSSR count).